The molecule has 0 saturated carbocycles. The predicted molar refractivity (Wildman–Crippen MR) is 124 cm³/mol. The Labute approximate surface area is 191 Å². The number of aryl methyl sites for hydroxylation is 1. The molecule has 2 aliphatic heterocycles. The minimum atomic E-state index is -0.359. The van der Waals surface area contributed by atoms with Crippen molar-refractivity contribution in [1.29, 1.82) is 0 Å². The SMILES string of the molecule is CCOC(=O)c1ccc(N2C(=O)C3NNC(c4cccs4)C3C2c2ccc(C)cc2)cc1. The zero-order valence-corrected chi connectivity index (χ0v) is 18.8. The largest absolute Gasteiger partial charge is 0.462 e. The summed E-state index contributed by atoms with van der Waals surface area (Å²) < 4.78 is 5.10. The lowest BCUT2D eigenvalue weighted by Crippen LogP contribution is -2.41. The maximum Gasteiger partial charge on any atom is 0.338 e. The fraction of sp³-hybridized carbons (Fsp3) is 0.280. The highest BCUT2D eigenvalue weighted by Crippen LogP contribution is 2.49. The standard InChI is InChI=1S/C25H25N3O3S/c1-3-31-25(30)17-10-12-18(13-11-17)28-23(16-8-6-15(2)7-9-16)20-21(19-5-4-14-32-19)26-27-22(20)24(28)29/h4-14,20-23,26-27H,3H2,1-2H3. The Kier molecular flexibility index (Phi) is 5.55. The molecular formula is C25H25N3O3S. The van der Waals surface area contributed by atoms with E-state index in [9.17, 15) is 9.59 Å². The number of carbonyl (C=O) groups is 2. The summed E-state index contributed by atoms with van der Waals surface area (Å²) in [5, 5.41) is 2.06. The van der Waals surface area contributed by atoms with Crippen molar-refractivity contribution < 1.29 is 14.3 Å². The number of fused-ring (bicyclic) bond motifs is 1. The number of rotatable bonds is 5. The second-order valence-electron chi connectivity index (χ2n) is 8.17. The smallest absolute Gasteiger partial charge is 0.338 e. The van der Waals surface area contributed by atoms with E-state index in [1.807, 2.05) is 23.1 Å². The van der Waals surface area contributed by atoms with Crippen LogP contribution in [-0.4, -0.2) is 24.5 Å². The number of hydrazine groups is 1. The molecule has 4 unspecified atom stereocenters. The van der Waals surface area contributed by atoms with Gasteiger partial charge in [-0.25, -0.2) is 15.6 Å². The second kappa shape index (κ2) is 8.50. The number of esters is 1. The molecule has 4 atom stereocenters. The Bertz CT molecular complexity index is 1110. The van der Waals surface area contributed by atoms with Crippen LogP contribution in [-0.2, 0) is 9.53 Å². The Hall–Kier alpha value is -3.00. The Morgan fingerprint density at radius 3 is 2.41 bits per heavy atom. The molecule has 1 aromatic heterocycles. The molecule has 2 fully saturated rings. The first-order valence-electron chi connectivity index (χ1n) is 10.8. The van der Waals surface area contributed by atoms with Gasteiger partial charge >= 0.3 is 5.97 Å². The molecule has 0 radical (unpaired) electrons. The van der Waals surface area contributed by atoms with Crippen LogP contribution in [0.3, 0.4) is 0 Å². The fourth-order valence-corrected chi connectivity index (χ4v) is 5.57. The number of hydrogen-bond acceptors (Lipinski definition) is 6. The molecule has 7 heteroatoms. The number of amides is 1. The van der Waals surface area contributed by atoms with Crippen molar-refractivity contribution in [3.05, 3.63) is 87.6 Å². The van der Waals surface area contributed by atoms with Gasteiger partial charge in [0.05, 0.1) is 24.3 Å². The average molecular weight is 448 g/mol. The third-order valence-electron chi connectivity index (χ3n) is 6.24. The molecule has 2 aliphatic rings. The maximum absolute atomic E-state index is 13.6. The average Bonchev–Trinajstić information content (AvgIpc) is 3.53. The summed E-state index contributed by atoms with van der Waals surface area (Å²) in [5.74, 6) is -0.313. The van der Waals surface area contributed by atoms with Crippen LogP contribution in [0.2, 0.25) is 0 Å². The van der Waals surface area contributed by atoms with Crippen LogP contribution in [0.4, 0.5) is 5.69 Å². The van der Waals surface area contributed by atoms with Crippen LogP contribution in [0.15, 0.2) is 66.0 Å². The molecule has 3 heterocycles. The van der Waals surface area contributed by atoms with Gasteiger partial charge in [0.25, 0.3) is 0 Å². The Balaban J connectivity index is 1.56. The molecule has 164 valence electrons. The molecule has 1 amide bonds. The molecule has 0 bridgehead atoms. The first-order chi connectivity index (χ1) is 15.6. The van der Waals surface area contributed by atoms with Gasteiger partial charge in [-0.15, -0.1) is 11.3 Å². The van der Waals surface area contributed by atoms with E-state index in [-0.39, 0.29) is 35.9 Å². The first-order valence-corrected chi connectivity index (χ1v) is 11.7. The van der Waals surface area contributed by atoms with Crippen molar-refractivity contribution in [3.8, 4) is 0 Å². The van der Waals surface area contributed by atoms with E-state index in [1.54, 1.807) is 30.4 Å². The van der Waals surface area contributed by atoms with Crippen molar-refractivity contribution in [2.45, 2.75) is 32.0 Å². The van der Waals surface area contributed by atoms with Crippen molar-refractivity contribution >= 4 is 28.9 Å². The minimum absolute atomic E-state index is 0.0218. The second-order valence-corrected chi connectivity index (χ2v) is 9.15. The van der Waals surface area contributed by atoms with Crippen LogP contribution >= 0.6 is 11.3 Å². The molecule has 0 aliphatic carbocycles. The van der Waals surface area contributed by atoms with Gasteiger partial charge in [0, 0.05) is 16.5 Å². The van der Waals surface area contributed by atoms with Crippen LogP contribution in [0.1, 0.15) is 45.4 Å². The number of nitrogens with zero attached hydrogens (tertiary/aromatic N) is 1. The van der Waals surface area contributed by atoms with Crippen molar-refractivity contribution in [1.82, 2.24) is 10.9 Å². The maximum atomic E-state index is 13.6. The molecule has 32 heavy (non-hydrogen) atoms. The van der Waals surface area contributed by atoms with Gasteiger partial charge in [-0.2, -0.15) is 0 Å². The summed E-state index contributed by atoms with van der Waals surface area (Å²) >= 11 is 1.69. The summed E-state index contributed by atoms with van der Waals surface area (Å²) in [7, 11) is 0. The lowest BCUT2D eigenvalue weighted by molar-refractivity contribution is -0.119. The van der Waals surface area contributed by atoms with E-state index in [2.05, 4.69) is 53.5 Å². The van der Waals surface area contributed by atoms with Crippen molar-refractivity contribution in [2.75, 3.05) is 11.5 Å². The van der Waals surface area contributed by atoms with Gasteiger partial charge in [0.15, 0.2) is 0 Å². The fourth-order valence-electron chi connectivity index (χ4n) is 4.74. The van der Waals surface area contributed by atoms with E-state index < -0.39 is 0 Å². The monoisotopic (exact) mass is 447 g/mol. The van der Waals surface area contributed by atoms with Crippen LogP contribution < -0.4 is 15.8 Å². The highest BCUT2D eigenvalue weighted by Gasteiger charge is 2.56. The summed E-state index contributed by atoms with van der Waals surface area (Å²) in [6.45, 7) is 4.17. The normalized spacial score (nSPS) is 24.6. The third-order valence-corrected chi connectivity index (χ3v) is 7.19. The van der Waals surface area contributed by atoms with Gasteiger partial charge in [0.2, 0.25) is 5.91 Å². The number of anilines is 1. The lowest BCUT2D eigenvalue weighted by atomic mass is 9.85. The van der Waals surface area contributed by atoms with E-state index in [4.69, 9.17) is 4.74 Å². The van der Waals surface area contributed by atoms with E-state index in [0.717, 1.165) is 11.3 Å². The van der Waals surface area contributed by atoms with Gasteiger partial charge in [-0.1, -0.05) is 35.9 Å². The molecule has 6 nitrogen and oxygen atoms in total. The molecule has 5 rings (SSSR count). The predicted octanol–water partition coefficient (Wildman–Crippen LogP) is 4.16. The first kappa shape index (κ1) is 20.9. The van der Waals surface area contributed by atoms with Gasteiger partial charge in [-0.3, -0.25) is 4.79 Å². The van der Waals surface area contributed by atoms with E-state index in [0.29, 0.717) is 12.2 Å². The molecule has 2 saturated heterocycles. The van der Waals surface area contributed by atoms with E-state index in [1.165, 1.54) is 10.4 Å². The number of nitrogens with one attached hydrogen (secondary N) is 2. The molecule has 2 aromatic carbocycles. The summed E-state index contributed by atoms with van der Waals surface area (Å²) in [6.07, 6.45) is 0. The third kappa shape index (κ3) is 3.52. The quantitative estimate of drug-likeness (QED) is 0.575. The zero-order valence-electron chi connectivity index (χ0n) is 17.9. The topological polar surface area (TPSA) is 70.7 Å². The van der Waals surface area contributed by atoms with Gasteiger partial charge in [-0.05, 0) is 55.1 Å². The molecule has 0 spiro atoms. The number of hydrogen-bond donors (Lipinski definition) is 2. The van der Waals surface area contributed by atoms with Crippen LogP contribution in [0.25, 0.3) is 0 Å². The van der Waals surface area contributed by atoms with Crippen molar-refractivity contribution in [2.24, 2.45) is 5.92 Å². The highest BCUT2D eigenvalue weighted by molar-refractivity contribution is 7.10. The number of carbonyl (C=O) groups excluding carboxylic acids is 2. The molecule has 2 N–H and O–H groups in total. The lowest BCUT2D eigenvalue weighted by Gasteiger charge is -2.31. The summed E-state index contributed by atoms with van der Waals surface area (Å²) in [4.78, 5) is 28.8. The van der Waals surface area contributed by atoms with Gasteiger partial charge < -0.3 is 9.64 Å². The van der Waals surface area contributed by atoms with Crippen LogP contribution in [0, 0.1) is 12.8 Å². The Morgan fingerprint density at radius 2 is 1.75 bits per heavy atom. The van der Waals surface area contributed by atoms with Crippen molar-refractivity contribution in [3.63, 3.8) is 0 Å². The summed E-state index contributed by atoms with van der Waals surface area (Å²) in [5.41, 5.74) is 10.1. The highest BCUT2D eigenvalue weighted by atomic mass is 32.1. The minimum Gasteiger partial charge on any atom is -0.462 e. The summed E-state index contributed by atoms with van der Waals surface area (Å²) in [6, 6.07) is 19.2. The number of thiophene rings is 1. The van der Waals surface area contributed by atoms with Gasteiger partial charge in [0.1, 0.15) is 6.04 Å². The Morgan fingerprint density at radius 1 is 1.03 bits per heavy atom. The van der Waals surface area contributed by atoms with E-state index >= 15 is 0 Å². The molecular weight excluding hydrogens is 422 g/mol. The zero-order chi connectivity index (χ0) is 22.2. The molecule has 3 aromatic rings. The van der Waals surface area contributed by atoms with Crippen LogP contribution in [0.5, 0.6) is 0 Å². The number of benzene rings is 2. The number of ether oxygens (including phenoxy) is 1.